The third kappa shape index (κ3) is 2.24. The standard InChI is InChI=1S/C16H17N3O2/c1-10(2)19-7-6-12(17-19)9-18-14-5-4-11(3)8-13(14)15(20)16(18)21/h4-8,10H,9H2,1-3H3. The quantitative estimate of drug-likeness (QED) is 0.813. The molecule has 1 aromatic carbocycles. The van der Waals surface area contributed by atoms with Gasteiger partial charge in [-0.2, -0.15) is 5.10 Å². The van der Waals surface area contributed by atoms with Gasteiger partial charge in [0.05, 0.1) is 23.5 Å². The molecule has 2 aromatic rings. The van der Waals surface area contributed by atoms with Crippen LogP contribution in [0.4, 0.5) is 5.69 Å². The molecule has 21 heavy (non-hydrogen) atoms. The number of benzene rings is 1. The summed E-state index contributed by atoms with van der Waals surface area (Å²) in [5.41, 5.74) is 2.91. The number of nitrogens with zero attached hydrogens (tertiary/aromatic N) is 3. The topological polar surface area (TPSA) is 55.2 Å². The number of rotatable bonds is 3. The Morgan fingerprint density at radius 2 is 1.95 bits per heavy atom. The number of amides is 1. The van der Waals surface area contributed by atoms with Gasteiger partial charge in [0.1, 0.15) is 0 Å². The van der Waals surface area contributed by atoms with Gasteiger partial charge in [0, 0.05) is 12.2 Å². The molecule has 1 aliphatic rings. The van der Waals surface area contributed by atoms with Gasteiger partial charge in [0.2, 0.25) is 0 Å². The molecule has 0 saturated carbocycles. The second-order valence-corrected chi connectivity index (χ2v) is 5.62. The monoisotopic (exact) mass is 283 g/mol. The molecule has 0 atom stereocenters. The zero-order chi connectivity index (χ0) is 15.1. The van der Waals surface area contributed by atoms with E-state index in [1.165, 1.54) is 4.90 Å². The molecule has 0 saturated heterocycles. The lowest BCUT2D eigenvalue weighted by atomic mass is 10.1. The maximum atomic E-state index is 12.2. The minimum Gasteiger partial charge on any atom is -0.299 e. The fraction of sp³-hybridized carbons (Fsp3) is 0.312. The van der Waals surface area contributed by atoms with E-state index in [1.54, 1.807) is 6.07 Å². The average Bonchev–Trinajstić information content (AvgIpc) is 2.99. The van der Waals surface area contributed by atoms with E-state index in [0.717, 1.165) is 11.3 Å². The summed E-state index contributed by atoms with van der Waals surface area (Å²) in [5, 5.41) is 4.43. The van der Waals surface area contributed by atoms with Gasteiger partial charge in [-0.1, -0.05) is 11.6 Å². The molecular weight excluding hydrogens is 266 g/mol. The lowest BCUT2D eigenvalue weighted by Gasteiger charge is -2.15. The smallest absolute Gasteiger partial charge is 0.299 e. The first-order chi connectivity index (χ1) is 9.97. The van der Waals surface area contributed by atoms with Crippen LogP contribution in [-0.4, -0.2) is 21.5 Å². The molecule has 0 N–H and O–H groups in total. The maximum absolute atomic E-state index is 12.2. The van der Waals surface area contributed by atoms with Crippen molar-refractivity contribution < 1.29 is 9.59 Å². The Labute approximate surface area is 123 Å². The van der Waals surface area contributed by atoms with Gasteiger partial charge in [0.15, 0.2) is 0 Å². The summed E-state index contributed by atoms with van der Waals surface area (Å²) in [6.45, 7) is 6.31. The van der Waals surface area contributed by atoms with Crippen LogP contribution in [0.3, 0.4) is 0 Å². The Hall–Kier alpha value is -2.43. The number of aryl methyl sites for hydroxylation is 1. The second kappa shape index (κ2) is 4.84. The largest absolute Gasteiger partial charge is 0.299 e. The number of hydrogen-bond donors (Lipinski definition) is 0. The van der Waals surface area contributed by atoms with Crippen LogP contribution >= 0.6 is 0 Å². The summed E-state index contributed by atoms with van der Waals surface area (Å²) in [4.78, 5) is 25.7. The molecule has 0 unspecified atom stereocenters. The van der Waals surface area contributed by atoms with Gasteiger partial charge in [-0.15, -0.1) is 0 Å². The number of anilines is 1. The lowest BCUT2D eigenvalue weighted by Crippen LogP contribution is -2.29. The highest BCUT2D eigenvalue weighted by Gasteiger charge is 2.36. The van der Waals surface area contributed by atoms with Crippen LogP contribution in [0, 0.1) is 6.92 Å². The van der Waals surface area contributed by atoms with Crippen molar-refractivity contribution in [1.29, 1.82) is 0 Å². The molecule has 0 aliphatic carbocycles. The van der Waals surface area contributed by atoms with Crippen LogP contribution in [0.2, 0.25) is 0 Å². The molecule has 2 heterocycles. The summed E-state index contributed by atoms with van der Waals surface area (Å²) in [6.07, 6.45) is 1.89. The Kier molecular flexibility index (Phi) is 3.12. The Bertz CT molecular complexity index is 731. The van der Waals surface area contributed by atoms with E-state index in [1.807, 2.05) is 49.8 Å². The Morgan fingerprint density at radius 1 is 1.19 bits per heavy atom. The van der Waals surface area contributed by atoms with Crippen molar-refractivity contribution in [2.24, 2.45) is 0 Å². The summed E-state index contributed by atoms with van der Waals surface area (Å²) >= 11 is 0. The average molecular weight is 283 g/mol. The van der Waals surface area contributed by atoms with Crippen LogP contribution in [-0.2, 0) is 11.3 Å². The van der Waals surface area contributed by atoms with Crippen molar-refractivity contribution in [2.45, 2.75) is 33.4 Å². The van der Waals surface area contributed by atoms with Crippen LogP contribution in [0.15, 0.2) is 30.5 Å². The summed E-state index contributed by atoms with van der Waals surface area (Å²) in [5.74, 6) is -0.910. The minimum atomic E-state index is -0.477. The molecule has 0 fully saturated rings. The lowest BCUT2D eigenvalue weighted by molar-refractivity contribution is -0.114. The fourth-order valence-electron chi connectivity index (χ4n) is 2.48. The molecule has 0 radical (unpaired) electrons. The van der Waals surface area contributed by atoms with E-state index in [0.29, 0.717) is 17.8 Å². The van der Waals surface area contributed by atoms with Gasteiger partial charge in [-0.05, 0) is 39.0 Å². The van der Waals surface area contributed by atoms with E-state index in [-0.39, 0.29) is 6.04 Å². The van der Waals surface area contributed by atoms with Crippen LogP contribution < -0.4 is 4.90 Å². The molecule has 5 heteroatoms. The number of Topliss-reactive ketones (excluding diaryl/α,β-unsaturated/α-hetero) is 1. The van der Waals surface area contributed by atoms with E-state index in [2.05, 4.69) is 5.10 Å². The van der Waals surface area contributed by atoms with E-state index in [9.17, 15) is 9.59 Å². The molecular formula is C16H17N3O2. The first-order valence-electron chi connectivity index (χ1n) is 6.98. The SMILES string of the molecule is Cc1ccc2c(c1)C(=O)C(=O)N2Cc1ccn(C(C)C)n1. The van der Waals surface area contributed by atoms with Gasteiger partial charge in [0.25, 0.3) is 11.7 Å². The van der Waals surface area contributed by atoms with Gasteiger partial charge in [-0.3, -0.25) is 19.2 Å². The molecule has 0 spiro atoms. The van der Waals surface area contributed by atoms with E-state index >= 15 is 0 Å². The molecule has 1 amide bonds. The van der Waals surface area contributed by atoms with Crippen LogP contribution in [0.25, 0.3) is 0 Å². The first kappa shape index (κ1) is 13.5. The third-order valence-electron chi connectivity index (χ3n) is 3.64. The number of ketones is 1. The number of carbonyl (C=O) groups is 2. The molecule has 0 bridgehead atoms. The van der Waals surface area contributed by atoms with E-state index in [4.69, 9.17) is 0 Å². The fourth-order valence-corrected chi connectivity index (χ4v) is 2.48. The normalized spacial score (nSPS) is 14.2. The molecule has 1 aliphatic heterocycles. The third-order valence-corrected chi connectivity index (χ3v) is 3.64. The zero-order valence-electron chi connectivity index (χ0n) is 12.3. The molecule has 5 nitrogen and oxygen atoms in total. The molecule has 108 valence electrons. The highest BCUT2D eigenvalue weighted by Crippen LogP contribution is 2.30. The van der Waals surface area contributed by atoms with Crippen molar-refractivity contribution in [3.05, 3.63) is 47.3 Å². The zero-order valence-corrected chi connectivity index (χ0v) is 12.3. The number of hydrogen-bond acceptors (Lipinski definition) is 3. The van der Waals surface area contributed by atoms with Crippen LogP contribution in [0.1, 0.15) is 41.5 Å². The van der Waals surface area contributed by atoms with Crippen molar-refractivity contribution in [2.75, 3.05) is 4.90 Å². The summed E-state index contributed by atoms with van der Waals surface area (Å²) in [6, 6.07) is 7.65. The Morgan fingerprint density at radius 3 is 2.62 bits per heavy atom. The van der Waals surface area contributed by atoms with Crippen molar-refractivity contribution in [1.82, 2.24) is 9.78 Å². The number of fused-ring (bicyclic) bond motifs is 1. The van der Waals surface area contributed by atoms with Crippen molar-refractivity contribution >= 4 is 17.4 Å². The van der Waals surface area contributed by atoms with Gasteiger partial charge < -0.3 is 0 Å². The van der Waals surface area contributed by atoms with Gasteiger partial charge in [-0.25, -0.2) is 0 Å². The highest BCUT2D eigenvalue weighted by molar-refractivity contribution is 6.52. The molecule has 3 rings (SSSR count). The second-order valence-electron chi connectivity index (χ2n) is 5.62. The van der Waals surface area contributed by atoms with E-state index < -0.39 is 11.7 Å². The predicted molar refractivity (Wildman–Crippen MR) is 79.3 cm³/mol. The Balaban J connectivity index is 1.92. The highest BCUT2D eigenvalue weighted by atomic mass is 16.2. The van der Waals surface area contributed by atoms with Gasteiger partial charge >= 0.3 is 0 Å². The van der Waals surface area contributed by atoms with Crippen molar-refractivity contribution in [3.63, 3.8) is 0 Å². The van der Waals surface area contributed by atoms with Crippen LogP contribution in [0.5, 0.6) is 0 Å². The number of carbonyl (C=O) groups excluding carboxylic acids is 2. The molecule has 1 aromatic heterocycles. The summed E-state index contributed by atoms with van der Waals surface area (Å²) < 4.78 is 1.84. The minimum absolute atomic E-state index is 0.268. The first-order valence-corrected chi connectivity index (χ1v) is 6.98. The van der Waals surface area contributed by atoms with Crippen molar-refractivity contribution in [3.8, 4) is 0 Å². The number of aromatic nitrogens is 2. The summed E-state index contributed by atoms with van der Waals surface area (Å²) in [7, 11) is 0. The maximum Gasteiger partial charge on any atom is 0.299 e. The predicted octanol–water partition coefficient (Wildman–Crippen LogP) is 2.50.